The quantitative estimate of drug-likeness (QED) is 0.867. The van der Waals surface area contributed by atoms with Crippen molar-refractivity contribution >= 4 is 11.6 Å². The zero-order valence-electron chi connectivity index (χ0n) is 10.3. The van der Waals surface area contributed by atoms with Gasteiger partial charge in [0, 0.05) is 19.6 Å². The van der Waals surface area contributed by atoms with Crippen LogP contribution in [0, 0.1) is 0 Å². The summed E-state index contributed by atoms with van der Waals surface area (Å²) in [4.78, 5) is 0. The molecule has 1 atom stereocenters. The van der Waals surface area contributed by atoms with Crippen molar-refractivity contribution in [2.24, 2.45) is 0 Å². The Hall–Kier alpha value is -0.770. The Bertz CT molecular complexity index is 389. The lowest BCUT2D eigenvalue weighted by Gasteiger charge is -2.36. The Morgan fingerprint density at radius 2 is 2.24 bits per heavy atom. The molecule has 1 fully saturated rings. The second-order valence-corrected chi connectivity index (χ2v) is 4.92. The van der Waals surface area contributed by atoms with E-state index in [9.17, 15) is 0 Å². The summed E-state index contributed by atoms with van der Waals surface area (Å²) in [6.07, 6.45) is 0. The third-order valence-electron chi connectivity index (χ3n) is 3.16. The molecule has 0 aromatic heterocycles. The molecule has 0 spiro atoms. The summed E-state index contributed by atoms with van der Waals surface area (Å²) in [5.74, 6) is 0.755. The highest BCUT2D eigenvalue weighted by Crippen LogP contribution is 2.30. The molecule has 1 heterocycles. The molecule has 1 unspecified atom stereocenters. The Morgan fingerprint density at radius 1 is 1.41 bits per heavy atom. The van der Waals surface area contributed by atoms with Gasteiger partial charge in [-0.15, -0.1) is 0 Å². The van der Waals surface area contributed by atoms with Gasteiger partial charge in [-0.2, -0.15) is 0 Å². The fourth-order valence-corrected chi connectivity index (χ4v) is 2.38. The van der Waals surface area contributed by atoms with E-state index in [0.29, 0.717) is 11.6 Å². The van der Waals surface area contributed by atoms with Gasteiger partial charge >= 0.3 is 0 Å². The number of nitrogens with one attached hydrogen (secondary N) is 2. The van der Waals surface area contributed by atoms with Gasteiger partial charge in [0.15, 0.2) is 0 Å². The van der Waals surface area contributed by atoms with Crippen LogP contribution in [0.2, 0.25) is 5.02 Å². The van der Waals surface area contributed by atoms with Crippen LogP contribution in [0.4, 0.5) is 0 Å². The van der Waals surface area contributed by atoms with E-state index in [1.165, 1.54) is 5.56 Å². The van der Waals surface area contributed by atoms with Crippen LogP contribution in [-0.4, -0.2) is 26.2 Å². The summed E-state index contributed by atoms with van der Waals surface area (Å²) in [7, 11) is 0. The number of hydrogen-bond donors (Lipinski definition) is 2. The van der Waals surface area contributed by atoms with Gasteiger partial charge in [-0.3, -0.25) is 0 Å². The highest BCUT2D eigenvalue weighted by molar-refractivity contribution is 6.32. The van der Waals surface area contributed by atoms with E-state index in [1.54, 1.807) is 0 Å². The molecule has 1 aromatic carbocycles. The smallest absolute Gasteiger partial charge is 0.137 e. The molecule has 1 aliphatic rings. The van der Waals surface area contributed by atoms with Crippen LogP contribution < -0.4 is 15.4 Å². The van der Waals surface area contributed by atoms with Crippen LogP contribution in [0.25, 0.3) is 0 Å². The first kappa shape index (κ1) is 12.7. The number of ether oxygens (including phenoxy) is 1. The van der Waals surface area contributed by atoms with Crippen LogP contribution in [0.15, 0.2) is 18.2 Å². The molecule has 1 aliphatic heterocycles. The van der Waals surface area contributed by atoms with Crippen molar-refractivity contribution in [3.8, 4) is 5.75 Å². The largest absolute Gasteiger partial charge is 0.492 e. The molecule has 17 heavy (non-hydrogen) atoms. The third kappa shape index (κ3) is 2.73. The predicted octanol–water partition coefficient (Wildman–Crippen LogP) is 2.15. The monoisotopic (exact) mass is 254 g/mol. The van der Waals surface area contributed by atoms with Crippen molar-refractivity contribution in [1.29, 1.82) is 0 Å². The van der Waals surface area contributed by atoms with Crippen molar-refractivity contribution in [2.45, 2.75) is 19.4 Å². The maximum Gasteiger partial charge on any atom is 0.137 e. The highest BCUT2D eigenvalue weighted by Gasteiger charge is 2.28. The lowest BCUT2D eigenvalue weighted by atomic mass is 9.90. The first-order valence-corrected chi connectivity index (χ1v) is 6.42. The van der Waals surface area contributed by atoms with Gasteiger partial charge in [0.2, 0.25) is 0 Å². The normalized spacial score (nSPS) is 24.6. The predicted molar refractivity (Wildman–Crippen MR) is 70.8 cm³/mol. The topological polar surface area (TPSA) is 33.3 Å². The van der Waals surface area contributed by atoms with E-state index < -0.39 is 0 Å². The second-order valence-electron chi connectivity index (χ2n) is 4.51. The maximum absolute atomic E-state index is 6.22. The van der Waals surface area contributed by atoms with Crippen molar-refractivity contribution in [2.75, 3.05) is 26.2 Å². The van der Waals surface area contributed by atoms with Crippen LogP contribution in [0.1, 0.15) is 19.4 Å². The van der Waals surface area contributed by atoms with E-state index in [1.807, 2.05) is 19.1 Å². The van der Waals surface area contributed by atoms with Crippen LogP contribution in [0.5, 0.6) is 5.75 Å². The lowest BCUT2D eigenvalue weighted by molar-refractivity contribution is 0.302. The molecule has 0 aliphatic carbocycles. The number of piperazine rings is 1. The average molecular weight is 255 g/mol. The van der Waals surface area contributed by atoms with Gasteiger partial charge in [0.1, 0.15) is 5.75 Å². The summed E-state index contributed by atoms with van der Waals surface area (Å²) in [6.45, 7) is 7.68. The molecule has 4 heteroatoms. The summed E-state index contributed by atoms with van der Waals surface area (Å²) < 4.78 is 5.44. The number of halogens is 1. The molecule has 0 amide bonds. The molecule has 3 nitrogen and oxygen atoms in total. The van der Waals surface area contributed by atoms with Crippen LogP contribution >= 0.6 is 11.6 Å². The van der Waals surface area contributed by atoms with E-state index in [4.69, 9.17) is 16.3 Å². The molecular formula is C13H19ClN2O. The first-order chi connectivity index (χ1) is 8.15. The molecule has 2 N–H and O–H groups in total. The number of rotatable bonds is 3. The Kier molecular flexibility index (Phi) is 3.92. The fraction of sp³-hybridized carbons (Fsp3) is 0.538. The SMILES string of the molecule is CCOc1ccc(C2(C)CNCCN2)cc1Cl. The van der Waals surface area contributed by atoms with E-state index in [0.717, 1.165) is 25.4 Å². The summed E-state index contributed by atoms with van der Waals surface area (Å²) in [6, 6.07) is 6.02. The summed E-state index contributed by atoms with van der Waals surface area (Å²) >= 11 is 6.22. The van der Waals surface area contributed by atoms with Gasteiger partial charge in [-0.25, -0.2) is 0 Å². The summed E-state index contributed by atoms with van der Waals surface area (Å²) in [5, 5.41) is 7.60. The van der Waals surface area contributed by atoms with Crippen molar-refractivity contribution in [1.82, 2.24) is 10.6 Å². The van der Waals surface area contributed by atoms with E-state index in [-0.39, 0.29) is 5.54 Å². The Balaban J connectivity index is 2.24. The number of benzene rings is 1. The van der Waals surface area contributed by atoms with E-state index in [2.05, 4.69) is 23.6 Å². The maximum atomic E-state index is 6.22. The standard InChI is InChI=1S/C13H19ClN2O/c1-3-17-12-5-4-10(8-11(12)14)13(2)9-15-6-7-16-13/h4-5,8,15-16H,3,6-7,9H2,1-2H3. The van der Waals surface area contributed by atoms with Gasteiger partial charge < -0.3 is 15.4 Å². The molecular weight excluding hydrogens is 236 g/mol. The molecule has 1 aromatic rings. The molecule has 1 saturated heterocycles. The lowest BCUT2D eigenvalue weighted by Crippen LogP contribution is -2.54. The Morgan fingerprint density at radius 3 is 2.82 bits per heavy atom. The van der Waals surface area contributed by atoms with Crippen molar-refractivity contribution in [3.05, 3.63) is 28.8 Å². The van der Waals surface area contributed by atoms with Gasteiger partial charge in [-0.05, 0) is 31.5 Å². The third-order valence-corrected chi connectivity index (χ3v) is 3.46. The van der Waals surface area contributed by atoms with E-state index >= 15 is 0 Å². The average Bonchev–Trinajstić information content (AvgIpc) is 2.33. The van der Waals surface area contributed by atoms with Crippen molar-refractivity contribution in [3.63, 3.8) is 0 Å². The highest BCUT2D eigenvalue weighted by atomic mass is 35.5. The minimum atomic E-state index is -0.0490. The van der Waals surface area contributed by atoms with Crippen LogP contribution in [-0.2, 0) is 5.54 Å². The Labute approximate surface area is 107 Å². The van der Waals surface area contributed by atoms with Gasteiger partial charge in [-0.1, -0.05) is 17.7 Å². The zero-order chi connectivity index (χ0) is 12.3. The first-order valence-electron chi connectivity index (χ1n) is 6.04. The minimum Gasteiger partial charge on any atom is -0.492 e. The summed E-state index contributed by atoms with van der Waals surface area (Å²) in [5.41, 5.74) is 1.14. The minimum absolute atomic E-state index is 0.0490. The van der Waals surface area contributed by atoms with Gasteiger partial charge in [0.05, 0.1) is 17.2 Å². The molecule has 2 rings (SSSR count). The second kappa shape index (κ2) is 5.25. The fourth-order valence-electron chi connectivity index (χ4n) is 2.15. The molecule has 0 saturated carbocycles. The van der Waals surface area contributed by atoms with Crippen molar-refractivity contribution < 1.29 is 4.74 Å². The molecule has 0 radical (unpaired) electrons. The molecule has 94 valence electrons. The number of hydrogen-bond acceptors (Lipinski definition) is 3. The van der Waals surface area contributed by atoms with Crippen LogP contribution in [0.3, 0.4) is 0 Å². The molecule has 0 bridgehead atoms. The van der Waals surface area contributed by atoms with Gasteiger partial charge in [0.25, 0.3) is 0 Å². The zero-order valence-corrected chi connectivity index (χ0v) is 11.1.